The first-order chi connectivity index (χ1) is 4.84. The van der Waals surface area contributed by atoms with Crippen molar-refractivity contribution >= 4 is 0 Å². The fourth-order valence-electron chi connectivity index (χ4n) is 1.42. The van der Waals surface area contributed by atoms with Gasteiger partial charge in [-0.25, -0.2) is 0 Å². The third-order valence-corrected chi connectivity index (χ3v) is 2.15. The molecule has 0 fully saturated rings. The standard InChI is InChI=1S/C9H16O/c1-2-3-5-8-6-4-7-9(8)10/h4,6,8-10H,2-3,5,7H2,1H3/t8-,9-/m1/s1. The van der Waals surface area contributed by atoms with E-state index in [1.54, 1.807) is 0 Å². The van der Waals surface area contributed by atoms with Crippen LogP contribution in [0.25, 0.3) is 0 Å². The SMILES string of the molecule is CCCC[C@@H]1C=CC[C@H]1O. The van der Waals surface area contributed by atoms with Crippen molar-refractivity contribution in [3.63, 3.8) is 0 Å². The second kappa shape index (κ2) is 3.77. The lowest BCUT2D eigenvalue weighted by molar-refractivity contribution is 0.138. The summed E-state index contributed by atoms with van der Waals surface area (Å²) in [6.45, 7) is 2.19. The summed E-state index contributed by atoms with van der Waals surface area (Å²) in [4.78, 5) is 0. The van der Waals surface area contributed by atoms with Gasteiger partial charge in [-0.1, -0.05) is 31.9 Å². The van der Waals surface area contributed by atoms with E-state index in [2.05, 4.69) is 19.1 Å². The minimum absolute atomic E-state index is 0.0773. The summed E-state index contributed by atoms with van der Waals surface area (Å²) >= 11 is 0. The third kappa shape index (κ3) is 1.84. The van der Waals surface area contributed by atoms with Crippen LogP contribution in [0.1, 0.15) is 32.6 Å². The Kier molecular flexibility index (Phi) is 2.94. The highest BCUT2D eigenvalue weighted by molar-refractivity contribution is 5.01. The third-order valence-electron chi connectivity index (χ3n) is 2.15. The van der Waals surface area contributed by atoms with Crippen LogP contribution in [0.3, 0.4) is 0 Å². The van der Waals surface area contributed by atoms with Crippen LogP contribution in [0.4, 0.5) is 0 Å². The van der Waals surface area contributed by atoms with Crippen LogP contribution in [0.5, 0.6) is 0 Å². The molecular weight excluding hydrogens is 124 g/mol. The van der Waals surface area contributed by atoms with Crippen LogP contribution in [0.2, 0.25) is 0 Å². The van der Waals surface area contributed by atoms with Gasteiger partial charge in [0.2, 0.25) is 0 Å². The normalized spacial score (nSPS) is 31.4. The summed E-state index contributed by atoms with van der Waals surface area (Å²) in [5, 5.41) is 9.35. The second-order valence-corrected chi connectivity index (χ2v) is 3.04. The molecule has 0 saturated carbocycles. The van der Waals surface area contributed by atoms with E-state index in [1.165, 1.54) is 12.8 Å². The van der Waals surface area contributed by atoms with Crippen molar-refractivity contribution in [2.24, 2.45) is 5.92 Å². The Bertz CT molecular complexity index is 118. The summed E-state index contributed by atoms with van der Waals surface area (Å²) < 4.78 is 0. The van der Waals surface area contributed by atoms with Crippen molar-refractivity contribution in [2.45, 2.75) is 38.7 Å². The lowest BCUT2D eigenvalue weighted by Crippen LogP contribution is -2.12. The summed E-state index contributed by atoms with van der Waals surface area (Å²) in [5.74, 6) is 0.458. The molecule has 1 N–H and O–H groups in total. The lowest BCUT2D eigenvalue weighted by Gasteiger charge is -2.11. The summed E-state index contributed by atoms with van der Waals surface area (Å²) in [6.07, 6.45) is 8.67. The molecule has 0 spiro atoms. The van der Waals surface area contributed by atoms with E-state index in [9.17, 15) is 5.11 Å². The number of hydrogen-bond acceptors (Lipinski definition) is 1. The molecule has 1 aliphatic rings. The minimum atomic E-state index is -0.0773. The van der Waals surface area contributed by atoms with Crippen molar-refractivity contribution in [3.8, 4) is 0 Å². The van der Waals surface area contributed by atoms with Crippen molar-refractivity contribution < 1.29 is 5.11 Å². The first-order valence-corrected chi connectivity index (χ1v) is 4.19. The zero-order valence-corrected chi connectivity index (χ0v) is 6.59. The second-order valence-electron chi connectivity index (χ2n) is 3.04. The van der Waals surface area contributed by atoms with E-state index in [0.29, 0.717) is 5.92 Å². The highest BCUT2D eigenvalue weighted by atomic mass is 16.3. The van der Waals surface area contributed by atoms with Gasteiger partial charge in [0.05, 0.1) is 6.10 Å². The van der Waals surface area contributed by atoms with Crippen molar-refractivity contribution in [1.82, 2.24) is 0 Å². The summed E-state index contributed by atoms with van der Waals surface area (Å²) in [5.41, 5.74) is 0. The average Bonchev–Trinajstić information content (AvgIpc) is 2.31. The van der Waals surface area contributed by atoms with Gasteiger partial charge in [-0.3, -0.25) is 0 Å². The first kappa shape index (κ1) is 7.80. The van der Waals surface area contributed by atoms with Crippen LogP contribution in [0, 0.1) is 5.92 Å². The highest BCUT2D eigenvalue weighted by Gasteiger charge is 2.18. The van der Waals surface area contributed by atoms with Crippen LogP contribution in [0.15, 0.2) is 12.2 Å². The van der Waals surface area contributed by atoms with E-state index in [-0.39, 0.29) is 6.10 Å². The van der Waals surface area contributed by atoms with Crippen LogP contribution in [-0.4, -0.2) is 11.2 Å². The lowest BCUT2D eigenvalue weighted by atomic mass is 10.00. The van der Waals surface area contributed by atoms with Gasteiger partial charge in [0.15, 0.2) is 0 Å². The van der Waals surface area contributed by atoms with Gasteiger partial charge in [-0.05, 0) is 12.8 Å². The van der Waals surface area contributed by atoms with Gasteiger partial charge in [0, 0.05) is 5.92 Å². The van der Waals surface area contributed by atoms with Crippen LogP contribution >= 0.6 is 0 Å². The van der Waals surface area contributed by atoms with Crippen LogP contribution < -0.4 is 0 Å². The van der Waals surface area contributed by atoms with Crippen molar-refractivity contribution in [2.75, 3.05) is 0 Å². The Morgan fingerprint density at radius 1 is 1.60 bits per heavy atom. The molecule has 0 bridgehead atoms. The molecule has 0 saturated heterocycles. The Balaban J connectivity index is 2.20. The van der Waals surface area contributed by atoms with E-state index in [0.717, 1.165) is 12.8 Å². The van der Waals surface area contributed by atoms with Gasteiger partial charge >= 0.3 is 0 Å². The van der Waals surface area contributed by atoms with E-state index >= 15 is 0 Å². The molecule has 0 aromatic rings. The molecule has 0 aromatic heterocycles. The Hall–Kier alpha value is -0.300. The van der Waals surface area contributed by atoms with Gasteiger partial charge in [0.25, 0.3) is 0 Å². The smallest absolute Gasteiger partial charge is 0.0637 e. The number of aliphatic hydroxyl groups excluding tert-OH is 1. The summed E-state index contributed by atoms with van der Waals surface area (Å²) in [7, 11) is 0. The topological polar surface area (TPSA) is 20.2 Å². The molecule has 0 aliphatic heterocycles. The molecule has 0 unspecified atom stereocenters. The minimum Gasteiger partial charge on any atom is -0.392 e. The molecule has 2 atom stereocenters. The Morgan fingerprint density at radius 3 is 2.90 bits per heavy atom. The maximum atomic E-state index is 9.35. The van der Waals surface area contributed by atoms with Crippen molar-refractivity contribution in [3.05, 3.63) is 12.2 Å². The monoisotopic (exact) mass is 140 g/mol. The van der Waals surface area contributed by atoms with E-state index in [4.69, 9.17) is 0 Å². The predicted octanol–water partition coefficient (Wildman–Crippen LogP) is 2.11. The first-order valence-electron chi connectivity index (χ1n) is 4.19. The maximum Gasteiger partial charge on any atom is 0.0637 e. The van der Waals surface area contributed by atoms with E-state index < -0.39 is 0 Å². The van der Waals surface area contributed by atoms with E-state index in [1.807, 2.05) is 0 Å². The number of unbranched alkanes of at least 4 members (excludes halogenated alkanes) is 1. The fourth-order valence-corrected chi connectivity index (χ4v) is 1.42. The van der Waals surface area contributed by atoms with Crippen molar-refractivity contribution in [1.29, 1.82) is 0 Å². The molecule has 1 rings (SSSR count). The molecule has 0 aromatic carbocycles. The number of rotatable bonds is 3. The quantitative estimate of drug-likeness (QED) is 0.595. The van der Waals surface area contributed by atoms with Gasteiger partial charge in [0.1, 0.15) is 0 Å². The maximum absolute atomic E-state index is 9.35. The van der Waals surface area contributed by atoms with Crippen LogP contribution in [-0.2, 0) is 0 Å². The molecule has 10 heavy (non-hydrogen) atoms. The van der Waals surface area contributed by atoms with Gasteiger partial charge in [-0.15, -0.1) is 0 Å². The molecule has 0 radical (unpaired) electrons. The zero-order chi connectivity index (χ0) is 7.40. The fraction of sp³-hybridized carbons (Fsp3) is 0.778. The molecule has 1 aliphatic carbocycles. The Labute approximate surface area is 62.8 Å². The highest BCUT2D eigenvalue weighted by Crippen LogP contribution is 2.22. The Morgan fingerprint density at radius 2 is 2.40 bits per heavy atom. The number of aliphatic hydroxyl groups is 1. The molecule has 0 amide bonds. The molecule has 1 heteroatoms. The molecule has 0 heterocycles. The number of hydrogen-bond donors (Lipinski definition) is 1. The predicted molar refractivity (Wildman–Crippen MR) is 42.8 cm³/mol. The molecule has 1 nitrogen and oxygen atoms in total. The molecular formula is C9H16O. The van der Waals surface area contributed by atoms with Gasteiger partial charge in [-0.2, -0.15) is 0 Å². The molecule has 58 valence electrons. The summed E-state index contributed by atoms with van der Waals surface area (Å²) in [6, 6.07) is 0. The zero-order valence-electron chi connectivity index (χ0n) is 6.59. The average molecular weight is 140 g/mol. The van der Waals surface area contributed by atoms with Gasteiger partial charge < -0.3 is 5.11 Å². The largest absolute Gasteiger partial charge is 0.392 e.